The number of carbonyl (C=O) groups excluding carboxylic acids is 2. The summed E-state index contributed by atoms with van der Waals surface area (Å²) in [5.41, 5.74) is -2.06. The SMILES string of the molecule is CC(=O)OC[C@H]1O[C@@H](n2cc(F)c(=O)[nH]c2=O)[C@H](Br)[C@@H]1OC(C)=O. The molecule has 2 heterocycles. The van der Waals surface area contributed by atoms with E-state index in [9.17, 15) is 23.6 Å². The topological polar surface area (TPSA) is 117 Å². The summed E-state index contributed by atoms with van der Waals surface area (Å²) < 4.78 is 29.8. The average molecular weight is 409 g/mol. The van der Waals surface area contributed by atoms with Crippen molar-refractivity contribution in [2.45, 2.75) is 37.1 Å². The molecule has 0 aromatic carbocycles. The van der Waals surface area contributed by atoms with Gasteiger partial charge in [0.1, 0.15) is 18.8 Å². The molecule has 1 saturated heterocycles. The first kappa shape index (κ1) is 18.3. The maximum atomic E-state index is 13.5. The summed E-state index contributed by atoms with van der Waals surface area (Å²) in [5, 5.41) is 0. The van der Waals surface area contributed by atoms with Crippen LogP contribution in [0, 0.1) is 5.82 Å². The van der Waals surface area contributed by atoms with E-state index in [4.69, 9.17) is 14.2 Å². The van der Waals surface area contributed by atoms with E-state index < -0.39 is 52.3 Å². The smallest absolute Gasteiger partial charge is 0.330 e. The number of rotatable bonds is 4. The Morgan fingerprint density at radius 2 is 2.04 bits per heavy atom. The Kier molecular flexibility index (Phi) is 5.54. The summed E-state index contributed by atoms with van der Waals surface area (Å²) in [6.45, 7) is 2.15. The molecule has 132 valence electrons. The van der Waals surface area contributed by atoms with Gasteiger partial charge in [-0.15, -0.1) is 0 Å². The number of nitrogens with zero attached hydrogens (tertiary/aromatic N) is 1. The molecule has 1 fully saturated rings. The zero-order valence-corrected chi connectivity index (χ0v) is 14.2. The van der Waals surface area contributed by atoms with Crippen molar-refractivity contribution in [2.75, 3.05) is 6.61 Å². The average Bonchev–Trinajstić information content (AvgIpc) is 2.77. The van der Waals surface area contributed by atoms with Crippen LogP contribution in [0.3, 0.4) is 0 Å². The van der Waals surface area contributed by atoms with Gasteiger partial charge in [-0.3, -0.25) is 23.9 Å². The molecule has 1 aromatic heterocycles. The van der Waals surface area contributed by atoms with Gasteiger partial charge in [0.05, 0.1) is 11.0 Å². The van der Waals surface area contributed by atoms with E-state index in [-0.39, 0.29) is 6.61 Å². The number of aromatic nitrogens is 2. The van der Waals surface area contributed by atoms with Crippen molar-refractivity contribution >= 4 is 27.9 Å². The van der Waals surface area contributed by atoms with Crippen LogP contribution in [0.25, 0.3) is 0 Å². The molecule has 0 unspecified atom stereocenters. The van der Waals surface area contributed by atoms with Gasteiger partial charge in [0, 0.05) is 13.8 Å². The maximum Gasteiger partial charge on any atom is 0.330 e. The first-order valence-corrected chi connectivity index (χ1v) is 7.73. The fraction of sp³-hybridized carbons (Fsp3) is 0.538. The summed E-state index contributed by atoms with van der Waals surface area (Å²) in [7, 11) is 0. The third-order valence-corrected chi connectivity index (χ3v) is 4.19. The number of nitrogens with one attached hydrogen (secondary N) is 1. The third kappa shape index (κ3) is 3.90. The molecule has 0 aliphatic carbocycles. The minimum atomic E-state index is -1.18. The Morgan fingerprint density at radius 3 is 2.62 bits per heavy atom. The van der Waals surface area contributed by atoms with Crippen LogP contribution >= 0.6 is 15.9 Å². The minimum absolute atomic E-state index is 0.230. The number of H-pyrrole nitrogens is 1. The predicted molar refractivity (Wildman–Crippen MR) is 80.1 cm³/mol. The van der Waals surface area contributed by atoms with Gasteiger partial charge in [-0.05, 0) is 0 Å². The predicted octanol–water partition coefficient (Wildman–Crippen LogP) is -0.169. The van der Waals surface area contributed by atoms with Crippen molar-refractivity contribution in [1.82, 2.24) is 9.55 Å². The van der Waals surface area contributed by atoms with Crippen molar-refractivity contribution in [3.05, 3.63) is 32.9 Å². The van der Waals surface area contributed by atoms with E-state index in [0.29, 0.717) is 6.20 Å². The first-order chi connectivity index (χ1) is 11.2. The molecule has 1 N–H and O–H groups in total. The molecule has 0 bridgehead atoms. The second-order valence-corrected chi connectivity index (χ2v) is 6.09. The number of halogens is 2. The zero-order chi connectivity index (χ0) is 18.0. The van der Waals surface area contributed by atoms with Crippen molar-refractivity contribution in [2.24, 2.45) is 0 Å². The third-order valence-electron chi connectivity index (χ3n) is 3.22. The summed E-state index contributed by atoms with van der Waals surface area (Å²) in [4.78, 5) is 46.3. The highest BCUT2D eigenvalue weighted by atomic mass is 79.9. The number of alkyl halides is 1. The van der Waals surface area contributed by atoms with Crippen LogP contribution in [0.1, 0.15) is 20.1 Å². The van der Waals surface area contributed by atoms with Crippen molar-refractivity contribution in [3.63, 3.8) is 0 Å². The molecule has 9 nitrogen and oxygen atoms in total. The van der Waals surface area contributed by atoms with Gasteiger partial charge < -0.3 is 14.2 Å². The highest BCUT2D eigenvalue weighted by molar-refractivity contribution is 9.09. The molecule has 0 amide bonds. The fourth-order valence-electron chi connectivity index (χ4n) is 2.23. The first-order valence-electron chi connectivity index (χ1n) is 6.81. The molecule has 2 rings (SSSR count). The summed E-state index contributed by atoms with van der Waals surface area (Å²) >= 11 is 3.24. The van der Waals surface area contributed by atoms with E-state index in [1.54, 1.807) is 0 Å². The van der Waals surface area contributed by atoms with Gasteiger partial charge >= 0.3 is 17.6 Å². The van der Waals surface area contributed by atoms with E-state index >= 15 is 0 Å². The largest absolute Gasteiger partial charge is 0.463 e. The molecule has 0 saturated carbocycles. The van der Waals surface area contributed by atoms with Crippen LogP contribution in [0.5, 0.6) is 0 Å². The van der Waals surface area contributed by atoms with Crippen LogP contribution in [0.4, 0.5) is 4.39 Å². The molecular formula is C13H14BrFN2O7. The standard InChI is InChI=1S/C13H14BrFN2O7/c1-5(18)22-4-8-10(23-6(2)19)9(14)12(24-8)17-3-7(15)11(20)16-13(17)21/h3,8-10,12H,4H2,1-2H3,(H,16,20,21)/t8-,9-,10-,12-/m1/s1. The number of ether oxygens (including phenoxy) is 3. The molecule has 1 aromatic rings. The van der Waals surface area contributed by atoms with E-state index in [0.717, 1.165) is 4.57 Å². The highest BCUT2D eigenvalue weighted by Gasteiger charge is 2.47. The maximum absolute atomic E-state index is 13.5. The fourth-order valence-corrected chi connectivity index (χ4v) is 3.06. The van der Waals surface area contributed by atoms with Gasteiger partial charge in [0.15, 0.2) is 6.23 Å². The van der Waals surface area contributed by atoms with E-state index in [1.165, 1.54) is 13.8 Å². The molecule has 1 aliphatic rings. The van der Waals surface area contributed by atoms with Crippen LogP contribution in [-0.2, 0) is 23.8 Å². The van der Waals surface area contributed by atoms with Crippen LogP contribution < -0.4 is 11.2 Å². The summed E-state index contributed by atoms with van der Waals surface area (Å²) in [6.07, 6.45) is -2.17. The van der Waals surface area contributed by atoms with Gasteiger partial charge in [-0.2, -0.15) is 4.39 Å². The van der Waals surface area contributed by atoms with Crippen LogP contribution in [0.15, 0.2) is 15.8 Å². The Morgan fingerprint density at radius 1 is 1.38 bits per heavy atom. The van der Waals surface area contributed by atoms with Crippen molar-refractivity contribution in [3.8, 4) is 0 Å². The number of carbonyl (C=O) groups is 2. The Balaban J connectivity index is 2.33. The van der Waals surface area contributed by atoms with Gasteiger partial charge in [0.25, 0.3) is 5.56 Å². The van der Waals surface area contributed by atoms with Crippen molar-refractivity contribution in [1.29, 1.82) is 0 Å². The Labute approximate surface area is 142 Å². The van der Waals surface area contributed by atoms with Crippen molar-refractivity contribution < 1.29 is 28.2 Å². The Hall–Kier alpha value is -2.01. The molecule has 24 heavy (non-hydrogen) atoms. The normalized spacial score (nSPS) is 26.2. The molecular weight excluding hydrogens is 395 g/mol. The lowest BCUT2D eigenvalue weighted by atomic mass is 10.2. The zero-order valence-electron chi connectivity index (χ0n) is 12.7. The quantitative estimate of drug-likeness (QED) is 0.542. The Bertz CT molecular complexity index is 761. The number of hydrogen-bond acceptors (Lipinski definition) is 7. The molecule has 4 atom stereocenters. The molecule has 1 aliphatic heterocycles. The second kappa shape index (κ2) is 7.26. The number of esters is 2. The summed E-state index contributed by atoms with van der Waals surface area (Å²) in [6, 6.07) is 0. The number of hydrogen-bond donors (Lipinski definition) is 1. The van der Waals surface area contributed by atoms with Gasteiger partial charge in [-0.1, -0.05) is 15.9 Å². The lowest BCUT2D eigenvalue weighted by Crippen LogP contribution is -2.38. The van der Waals surface area contributed by atoms with Gasteiger partial charge in [-0.25, -0.2) is 4.79 Å². The number of aromatic amines is 1. The minimum Gasteiger partial charge on any atom is -0.463 e. The van der Waals surface area contributed by atoms with Crippen LogP contribution in [-0.4, -0.2) is 45.1 Å². The summed E-state index contributed by atoms with van der Waals surface area (Å²) in [5.74, 6) is -2.35. The van der Waals surface area contributed by atoms with Gasteiger partial charge in [0.2, 0.25) is 5.82 Å². The monoisotopic (exact) mass is 408 g/mol. The van der Waals surface area contributed by atoms with Crippen LogP contribution in [0.2, 0.25) is 0 Å². The lowest BCUT2D eigenvalue weighted by molar-refractivity contribution is -0.155. The lowest BCUT2D eigenvalue weighted by Gasteiger charge is -2.19. The molecule has 11 heteroatoms. The highest BCUT2D eigenvalue weighted by Crippen LogP contribution is 2.36. The second-order valence-electron chi connectivity index (χ2n) is 5.03. The van der Waals surface area contributed by atoms with E-state index in [1.807, 2.05) is 4.98 Å². The molecule has 0 spiro atoms. The molecule has 0 radical (unpaired) electrons. The van der Waals surface area contributed by atoms with E-state index in [2.05, 4.69) is 15.9 Å².